The van der Waals surface area contributed by atoms with Gasteiger partial charge in [0.2, 0.25) is 0 Å². The van der Waals surface area contributed by atoms with Crippen LogP contribution in [0.1, 0.15) is 40.0 Å². The number of benzene rings is 7. The number of pyridine rings is 1. The van der Waals surface area contributed by atoms with Crippen LogP contribution in [0.4, 0.5) is 5.69 Å². The molecular formula is C53H39N5O. The summed E-state index contributed by atoms with van der Waals surface area (Å²) in [5.41, 5.74) is 4.58. The molecule has 0 aliphatic rings. The highest BCUT2D eigenvalue weighted by Crippen LogP contribution is 2.38. The van der Waals surface area contributed by atoms with E-state index in [9.17, 15) is 0 Å². The van der Waals surface area contributed by atoms with Crippen LogP contribution in [-0.4, -0.2) is 14.1 Å². The van der Waals surface area contributed by atoms with Crippen molar-refractivity contribution in [2.24, 2.45) is 0 Å². The van der Waals surface area contributed by atoms with Crippen molar-refractivity contribution in [2.45, 2.75) is 26.2 Å². The number of imidazole rings is 1. The fourth-order valence-electron chi connectivity index (χ4n) is 7.57. The fraction of sp³-hybridized carbons (Fsp3) is 0.0755. The van der Waals surface area contributed by atoms with Gasteiger partial charge in [-0.1, -0.05) is 136 Å². The van der Waals surface area contributed by atoms with Gasteiger partial charge in [-0.05, 0) is 87.8 Å². The second kappa shape index (κ2) is 14.3. The van der Waals surface area contributed by atoms with Crippen molar-refractivity contribution in [3.63, 3.8) is 0 Å². The Morgan fingerprint density at radius 3 is 2.10 bits per heavy atom. The summed E-state index contributed by atoms with van der Waals surface area (Å²) in [6.45, 7) is 14.4. The van der Waals surface area contributed by atoms with E-state index in [4.69, 9.17) is 30.0 Å². The van der Waals surface area contributed by atoms with Crippen LogP contribution in [0.2, 0.25) is 0 Å². The van der Waals surface area contributed by atoms with Crippen molar-refractivity contribution in [3.05, 3.63) is 205 Å². The predicted molar refractivity (Wildman–Crippen MR) is 238 cm³/mol. The van der Waals surface area contributed by atoms with Crippen LogP contribution in [0, 0.1) is 12.9 Å². The van der Waals surface area contributed by atoms with E-state index in [2.05, 4.69) is 54.7 Å². The summed E-state index contributed by atoms with van der Waals surface area (Å²) in [6.07, 6.45) is 5.22. The van der Waals surface area contributed by atoms with Crippen LogP contribution in [0.5, 0.6) is 11.5 Å². The molecule has 0 saturated heterocycles. The fourth-order valence-corrected chi connectivity index (χ4v) is 7.57. The van der Waals surface area contributed by atoms with Gasteiger partial charge in [0.25, 0.3) is 6.33 Å². The molecule has 0 fully saturated rings. The van der Waals surface area contributed by atoms with Crippen LogP contribution in [0.3, 0.4) is 0 Å². The van der Waals surface area contributed by atoms with E-state index in [-0.39, 0.29) is 39.0 Å². The Hall–Kier alpha value is -7.75. The lowest BCUT2D eigenvalue weighted by Crippen LogP contribution is -2.31. The molecule has 0 bridgehead atoms. The maximum absolute atomic E-state index is 9.02. The molecule has 0 spiro atoms. The molecule has 0 N–H and O–H groups in total. The topological polar surface area (TPSA) is 40.2 Å². The van der Waals surface area contributed by atoms with E-state index in [1.807, 2.05) is 66.9 Å². The van der Waals surface area contributed by atoms with Gasteiger partial charge in [-0.15, -0.1) is 0 Å². The van der Waals surface area contributed by atoms with Crippen molar-refractivity contribution in [1.29, 1.82) is 0 Å². The standard InChI is InChI=1S/C53H39N5O/c1-53(2,3)38-29-30-55-51(31-38)58-47-24-12-11-21-45(47)46-27-26-42(34-49(46)58)59-41-20-13-19-40(33-41)56-35-57(50-32-39(54-4)25-28-48(50)56)52-43(36-15-7-5-8-16-36)22-14-23-44(52)37-17-9-6-10-18-37/h5-34H,1-3H3/i5D,6D,7D,8D,9D,10D,15D,16D,17D,18D. The summed E-state index contributed by atoms with van der Waals surface area (Å²) in [4.78, 5) is 8.50. The molecule has 0 atom stereocenters. The average molecular weight is 772 g/mol. The lowest BCUT2D eigenvalue weighted by atomic mass is 9.88. The second-order valence-electron chi connectivity index (χ2n) is 15.0. The van der Waals surface area contributed by atoms with E-state index in [0.29, 0.717) is 28.2 Å². The number of hydrogen-bond acceptors (Lipinski definition) is 2. The number of ether oxygens (including phenoxy) is 1. The Morgan fingerprint density at radius 1 is 0.678 bits per heavy atom. The normalized spacial score (nSPS) is 14.0. The van der Waals surface area contributed by atoms with E-state index < -0.39 is 60.4 Å². The number of nitrogens with zero attached hydrogens (tertiary/aromatic N) is 5. The Kier molecular flexibility index (Phi) is 6.37. The van der Waals surface area contributed by atoms with E-state index in [0.717, 1.165) is 33.2 Å². The Morgan fingerprint density at radius 2 is 1.37 bits per heavy atom. The zero-order valence-corrected chi connectivity index (χ0v) is 32.2. The molecule has 6 nitrogen and oxygen atoms in total. The van der Waals surface area contributed by atoms with Crippen molar-refractivity contribution in [3.8, 4) is 50.9 Å². The summed E-state index contributed by atoms with van der Waals surface area (Å²) in [7, 11) is 0. The molecule has 10 aromatic rings. The molecule has 0 aliphatic carbocycles. The minimum Gasteiger partial charge on any atom is -0.458 e. The van der Waals surface area contributed by atoms with Crippen LogP contribution in [0.25, 0.3) is 77.1 Å². The number of aromatic nitrogens is 4. The van der Waals surface area contributed by atoms with E-state index in [1.54, 1.807) is 39.5 Å². The smallest absolute Gasteiger partial charge is 0.269 e. The first-order valence-electron chi connectivity index (χ1n) is 23.9. The maximum Gasteiger partial charge on any atom is 0.269 e. The third-order valence-corrected chi connectivity index (χ3v) is 10.4. The van der Waals surface area contributed by atoms with Crippen molar-refractivity contribution >= 4 is 38.5 Å². The average Bonchev–Trinajstić information content (AvgIpc) is 3.89. The highest BCUT2D eigenvalue weighted by atomic mass is 16.5. The molecule has 0 radical (unpaired) electrons. The van der Waals surface area contributed by atoms with Crippen LogP contribution in [0.15, 0.2) is 182 Å². The first-order chi connectivity index (χ1) is 33.0. The summed E-state index contributed by atoms with van der Waals surface area (Å²) >= 11 is 0. The molecule has 0 unspecified atom stereocenters. The summed E-state index contributed by atoms with van der Waals surface area (Å²) in [5, 5.41) is 2.09. The van der Waals surface area contributed by atoms with Crippen molar-refractivity contribution in [2.75, 3.05) is 0 Å². The van der Waals surface area contributed by atoms with Gasteiger partial charge < -0.3 is 4.74 Å². The first-order valence-corrected chi connectivity index (χ1v) is 18.9. The van der Waals surface area contributed by atoms with Crippen LogP contribution < -0.4 is 9.30 Å². The van der Waals surface area contributed by atoms with Gasteiger partial charge in [-0.25, -0.2) is 9.83 Å². The number of fused-ring (bicyclic) bond motifs is 4. The van der Waals surface area contributed by atoms with Crippen LogP contribution >= 0.6 is 0 Å². The van der Waals surface area contributed by atoms with Crippen LogP contribution in [-0.2, 0) is 5.41 Å². The molecule has 0 saturated carbocycles. The summed E-state index contributed by atoms with van der Waals surface area (Å²) in [5.74, 6) is 1.81. The lowest BCUT2D eigenvalue weighted by Gasteiger charge is -2.20. The Labute approximate surface area is 357 Å². The molecule has 3 aromatic heterocycles. The Balaban J connectivity index is 1.17. The van der Waals surface area contributed by atoms with Crippen molar-refractivity contribution < 1.29 is 23.0 Å². The minimum atomic E-state index is -0.595. The van der Waals surface area contributed by atoms with Gasteiger partial charge in [0.15, 0.2) is 5.69 Å². The second-order valence-corrected chi connectivity index (χ2v) is 15.0. The molecule has 7 aromatic carbocycles. The summed E-state index contributed by atoms with van der Waals surface area (Å²) in [6, 6.07) is 29.6. The van der Waals surface area contributed by atoms with Gasteiger partial charge in [0, 0.05) is 23.0 Å². The zero-order chi connectivity index (χ0) is 48.8. The summed E-state index contributed by atoms with van der Waals surface area (Å²) < 4.78 is 99.0. The molecule has 6 heteroatoms. The molecular weight excluding hydrogens is 723 g/mol. The number of hydrogen-bond donors (Lipinski definition) is 0. The molecule has 59 heavy (non-hydrogen) atoms. The highest BCUT2D eigenvalue weighted by molar-refractivity contribution is 6.09. The molecule has 10 rings (SSSR count). The van der Waals surface area contributed by atoms with E-state index in [1.165, 1.54) is 6.07 Å². The van der Waals surface area contributed by atoms with Gasteiger partial charge >= 0.3 is 0 Å². The first kappa shape index (κ1) is 26.2. The van der Waals surface area contributed by atoms with Crippen molar-refractivity contribution in [1.82, 2.24) is 14.1 Å². The third-order valence-electron chi connectivity index (χ3n) is 10.4. The SMILES string of the molecule is [2H]c1c([2H])c([2H])c(-c2cccc(-c3c([2H])c([2H])c([2H])c([2H])c3[2H])c2-[n+]2[c-]n(-c3cccc(Oc4ccc5c6ccccc6n(-c6cc(C(C)(C)C)ccn6)c5c4)c3)c3ccc([N+]#[C-])cc32)c([2H])c1[2H]. The minimum absolute atomic E-state index is 0.0926. The Bertz CT molecular complexity index is 3700. The molecule has 0 amide bonds. The maximum atomic E-state index is 9.02. The molecule has 282 valence electrons. The van der Waals surface area contributed by atoms with E-state index >= 15 is 0 Å². The number of rotatable bonds is 7. The molecule has 3 heterocycles. The van der Waals surface area contributed by atoms with Gasteiger partial charge in [-0.3, -0.25) is 13.7 Å². The third kappa shape index (κ3) is 6.40. The predicted octanol–water partition coefficient (Wildman–Crippen LogP) is 13.2. The quantitative estimate of drug-likeness (QED) is 0.120. The van der Waals surface area contributed by atoms with Gasteiger partial charge in [-0.2, -0.15) is 0 Å². The largest absolute Gasteiger partial charge is 0.458 e. The van der Waals surface area contributed by atoms with Gasteiger partial charge in [0.05, 0.1) is 53.7 Å². The molecule has 0 aliphatic heterocycles. The monoisotopic (exact) mass is 771 g/mol. The zero-order valence-electron chi connectivity index (χ0n) is 42.2. The lowest BCUT2D eigenvalue weighted by molar-refractivity contribution is -0.571. The highest BCUT2D eigenvalue weighted by Gasteiger charge is 2.21. The van der Waals surface area contributed by atoms with Gasteiger partial charge in [0.1, 0.15) is 17.3 Å². The number of para-hydroxylation sites is 2.